The topological polar surface area (TPSA) is 55.8 Å². The second-order valence-corrected chi connectivity index (χ2v) is 4.82. The second kappa shape index (κ2) is 4.05. The second-order valence-electron chi connectivity index (χ2n) is 4.82. The number of phenols is 1. The number of benzene rings is 1. The van der Waals surface area contributed by atoms with Gasteiger partial charge in [0.15, 0.2) is 17.3 Å². The van der Waals surface area contributed by atoms with Gasteiger partial charge in [-0.1, -0.05) is 6.08 Å². The highest BCUT2D eigenvalue weighted by Crippen LogP contribution is 2.46. The van der Waals surface area contributed by atoms with Crippen LogP contribution in [-0.4, -0.2) is 23.6 Å². The molecule has 1 aliphatic heterocycles. The van der Waals surface area contributed by atoms with Crippen LogP contribution in [0, 0.1) is 0 Å². The Bertz CT molecular complexity index is 541. The fourth-order valence-electron chi connectivity index (χ4n) is 1.92. The van der Waals surface area contributed by atoms with E-state index in [4.69, 9.17) is 9.47 Å². The molecular weight excluding hydrogens is 232 g/mol. The van der Waals surface area contributed by atoms with Crippen molar-refractivity contribution in [2.45, 2.75) is 26.4 Å². The minimum absolute atomic E-state index is 0.171. The van der Waals surface area contributed by atoms with Gasteiger partial charge in [0.05, 0.1) is 12.7 Å². The first-order valence-electron chi connectivity index (χ1n) is 5.69. The molecule has 1 N–H and O–H groups in total. The van der Waals surface area contributed by atoms with Gasteiger partial charge in [-0.2, -0.15) is 0 Å². The van der Waals surface area contributed by atoms with Crippen LogP contribution in [0.5, 0.6) is 17.2 Å². The normalized spacial score (nSPS) is 15.8. The van der Waals surface area contributed by atoms with Crippen molar-refractivity contribution in [1.29, 1.82) is 0 Å². The summed E-state index contributed by atoms with van der Waals surface area (Å²) in [5.41, 5.74) is 0.498. The zero-order valence-electron chi connectivity index (χ0n) is 10.9. The van der Waals surface area contributed by atoms with Crippen LogP contribution >= 0.6 is 0 Å². The fourth-order valence-corrected chi connectivity index (χ4v) is 1.92. The molecule has 0 saturated heterocycles. The first kappa shape index (κ1) is 12.5. The van der Waals surface area contributed by atoms with Crippen LogP contribution in [0.2, 0.25) is 0 Å². The van der Waals surface area contributed by atoms with E-state index in [1.807, 2.05) is 26.0 Å². The van der Waals surface area contributed by atoms with Crippen molar-refractivity contribution in [1.82, 2.24) is 0 Å². The van der Waals surface area contributed by atoms with Gasteiger partial charge in [0.1, 0.15) is 5.60 Å². The number of Topliss-reactive ketones (excluding diaryl/α,β-unsaturated/α-hetero) is 1. The summed E-state index contributed by atoms with van der Waals surface area (Å²) in [6, 6.07) is 1.61. The van der Waals surface area contributed by atoms with Crippen molar-refractivity contribution in [3.05, 3.63) is 23.3 Å². The molecule has 0 radical (unpaired) electrons. The van der Waals surface area contributed by atoms with Crippen molar-refractivity contribution in [3.63, 3.8) is 0 Å². The van der Waals surface area contributed by atoms with Gasteiger partial charge < -0.3 is 14.6 Å². The molecule has 2 rings (SSSR count). The first-order valence-corrected chi connectivity index (χ1v) is 5.69. The third-order valence-corrected chi connectivity index (χ3v) is 2.85. The Morgan fingerprint density at radius 3 is 2.67 bits per heavy atom. The van der Waals surface area contributed by atoms with Crippen molar-refractivity contribution < 1.29 is 19.4 Å². The lowest BCUT2D eigenvalue weighted by atomic mass is 9.98. The summed E-state index contributed by atoms with van der Waals surface area (Å²) in [6.07, 6.45) is 3.77. The summed E-state index contributed by atoms with van der Waals surface area (Å²) in [5.74, 6) is 0.282. The Labute approximate surface area is 106 Å². The first-order chi connectivity index (χ1) is 8.35. The molecular formula is C14H16O4. The van der Waals surface area contributed by atoms with E-state index in [9.17, 15) is 9.90 Å². The van der Waals surface area contributed by atoms with Crippen LogP contribution < -0.4 is 9.47 Å². The maximum Gasteiger partial charge on any atom is 0.204 e. The number of carbonyl (C=O) groups is 1. The molecule has 0 amide bonds. The van der Waals surface area contributed by atoms with Gasteiger partial charge in [-0.05, 0) is 32.9 Å². The maximum absolute atomic E-state index is 11.5. The molecule has 1 aromatic carbocycles. The third kappa shape index (κ3) is 1.94. The van der Waals surface area contributed by atoms with E-state index in [0.717, 1.165) is 5.56 Å². The van der Waals surface area contributed by atoms with Crippen molar-refractivity contribution in [2.75, 3.05) is 7.11 Å². The van der Waals surface area contributed by atoms with Gasteiger partial charge >= 0.3 is 0 Å². The van der Waals surface area contributed by atoms with Crippen LogP contribution in [0.25, 0.3) is 6.08 Å². The quantitative estimate of drug-likeness (QED) is 0.818. The molecule has 1 heterocycles. The smallest absolute Gasteiger partial charge is 0.204 e. The largest absolute Gasteiger partial charge is 0.504 e. The number of ether oxygens (including phenoxy) is 2. The number of phenolic OH excluding ortho intramolecular Hbond substituents is 1. The lowest BCUT2D eigenvalue weighted by molar-refractivity contribution is 0.101. The molecule has 0 atom stereocenters. The van der Waals surface area contributed by atoms with Crippen molar-refractivity contribution >= 4 is 11.9 Å². The number of ketones is 1. The Kier molecular flexibility index (Phi) is 2.81. The van der Waals surface area contributed by atoms with E-state index in [2.05, 4.69) is 0 Å². The molecule has 4 nitrogen and oxygen atoms in total. The third-order valence-electron chi connectivity index (χ3n) is 2.85. The number of aromatic hydroxyl groups is 1. The summed E-state index contributed by atoms with van der Waals surface area (Å²) in [7, 11) is 1.44. The van der Waals surface area contributed by atoms with E-state index in [0.29, 0.717) is 5.75 Å². The van der Waals surface area contributed by atoms with Crippen LogP contribution in [-0.2, 0) is 0 Å². The molecule has 0 saturated carbocycles. The SMILES string of the molecule is COc1c(O)c(C(C)=O)cc2c1OC(C)(C)C=C2. The maximum atomic E-state index is 11.5. The monoisotopic (exact) mass is 248 g/mol. The standard InChI is InChI=1S/C14H16O4/c1-8(15)10-7-9-5-6-14(2,3)18-12(9)13(17-4)11(10)16/h5-7,16H,1-4H3. The highest BCUT2D eigenvalue weighted by molar-refractivity contribution is 5.99. The summed E-state index contributed by atoms with van der Waals surface area (Å²) < 4.78 is 10.9. The molecule has 96 valence electrons. The lowest BCUT2D eigenvalue weighted by Gasteiger charge is -2.29. The number of hydrogen-bond acceptors (Lipinski definition) is 4. The Morgan fingerprint density at radius 1 is 1.44 bits per heavy atom. The lowest BCUT2D eigenvalue weighted by Crippen LogP contribution is -2.27. The minimum atomic E-state index is -0.468. The highest BCUT2D eigenvalue weighted by Gasteiger charge is 2.28. The van der Waals surface area contributed by atoms with Gasteiger partial charge in [-0.25, -0.2) is 0 Å². The van der Waals surface area contributed by atoms with E-state index in [-0.39, 0.29) is 22.8 Å². The minimum Gasteiger partial charge on any atom is -0.504 e. The summed E-state index contributed by atoms with van der Waals surface area (Å²) in [6.45, 7) is 5.21. The molecule has 0 fully saturated rings. The Hall–Kier alpha value is -1.97. The van der Waals surface area contributed by atoms with Crippen LogP contribution in [0.1, 0.15) is 36.7 Å². The average Bonchev–Trinajstić information content (AvgIpc) is 2.27. The van der Waals surface area contributed by atoms with Crippen molar-refractivity contribution in [2.24, 2.45) is 0 Å². The number of hydrogen-bond donors (Lipinski definition) is 1. The molecule has 0 aliphatic carbocycles. The Morgan fingerprint density at radius 2 is 2.11 bits per heavy atom. The van der Waals surface area contributed by atoms with Gasteiger partial charge in [-0.3, -0.25) is 4.79 Å². The van der Waals surface area contributed by atoms with Crippen LogP contribution in [0.3, 0.4) is 0 Å². The van der Waals surface area contributed by atoms with Gasteiger partial charge in [0.2, 0.25) is 5.75 Å². The van der Waals surface area contributed by atoms with E-state index >= 15 is 0 Å². The number of carbonyl (C=O) groups excluding carboxylic acids is 1. The number of fused-ring (bicyclic) bond motifs is 1. The zero-order chi connectivity index (χ0) is 13.5. The fraction of sp³-hybridized carbons (Fsp3) is 0.357. The van der Waals surface area contributed by atoms with E-state index in [1.165, 1.54) is 14.0 Å². The summed E-state index contributed by atoms with van der Waals surface area (Å²) >= 11 is 0. The van der Waals surface area contributed by atoms with Crippen LogP contribution in [0.15, 0.2) is 12.1 Å². The highest BCUT2D eigenvalue weighted by atomic mass is 16.5. The predicted octanol–water partition coefficient (Wildman–Crippen LogP) is 2.79. The Balaban J connectivity index is 2.69. The molecule has 4 heteroatoms. The van der Waals surface area contributed by atoms with E-state index < -0.39 is 5.60 Å². The summed E-state index contributed by atoms with van der Waals surface area (Å²) in [5, 5.41) is 10.0. The molecule has 1 aliphatic rings. The summed E-state index contributed by atoms with van der Waals surface area (Å²) in [4.78, 5) is 11.5. The molecule has 0 aromatic heterocycles. The number of rotatable bonds is 2. The van der Waals surface area contributed by atoms with Gasteiger partial charge in [-0.15, -0.1) is 0 Å². The van der Waals surface area contributed by atoms with Gasteiger partial charge in [0.25, 0.3) is 0 Å². The van der Waals surface area contributed by atoms with Crippen LogP contribution in [0.4, 0.5) is 0 Å². The molecule has 1 aromatic rings. The molecule has 0 bridgehead atoms. The van der Waals surface area contributed by atoms with E-state index in [1.54, 1.807) is 6.07 Å². The molecule has 18 heavy (non-hydrogen) atoms. The van der Waals surface area contributed by atoms with Gasteiger partial charge in [0, 0.05) is 5.56 Å². The molecule has 0 unspecified atom stereocenters. The average molecular weight is 248 g/mol. The number of methoxy groups -OCH3 is 1. The zero-order valence-corrected chi connectivity index (χ0v) is 10.9. The molecule has 0 spiro atoms. The predicted molar refractivity (Wildman–Crippen MR) is 68.4 cm³/mol. The van der Waals surface area contributed by atoms with Crippen molar-refractivity contribution in [3.8, 4) is 17.2 Å².